The van der Waals surface area contributed by atoms with Crippen molar-refractivity contribution in [2.24, 2.45) is 5.92 Å². The first kappa shape index (κ1) is 17.5. The fourth-order valence-electron chi connectivity index (χ4n) is 3.57. The number of aliphatic hydroxyl groups excluding tert-OH is 1. The minimum absolute atomic E-state index is 0.000585. The van der Waals surface area contributed by atoms with Gasteiger partial charge in [0.1, 0.15) is 5.75 Å². The van der Waals surface area contributed by atoms with Gasteiger partial charge in [0.15, 0.2) is 0 Å². The minimum Gasteiger partial charge on any atom is -0.507 e. The lowest BCUT2D eigenvalue weighted by atomic mass is 10.0. The average Bonchev–Trinajstić information content (AvgIpc) is 3.01. The Bertz CT molecular complexity index is 729. The standard InChI is InChI=1S/C21H25NO3/c1-22(14-17-8-5-9-19(17)23)21(25)18-13-16(10-11-20(18)24)12-15-6-3-2-4-7-15/h2-4,6-7,10-11,13,17,19,23-24H,5,8-9,12,14H2,1H3. The summed E-state index contributed by atoms with van der Waals surface area (Å²) in [6.45, 7) is 0.516. The maximum Gasteiger partial charge on any atom is 0.257 e. The van der Waals surface area contributed by atoms with Crippen LogP contribution in [0.15, 0.2) is 48.5 Å². The molecule has 0 aliphatic heterocycles. The maximum absolute atomic E-state index is 12.7. The molecule has 3 rings (SSSR count). The molecule has 1 amide bonds. The number of carbonyl (C=O) groups is 1. The highest BCUT2D eigenvalue weighted by Crippen LogP contribution is 2.27. The van der Waals surface area contributed by atoms with Gasteiger partial charge >= 0.3 is 0 Å². The molecule has 0 aromatic heterocycles. The molecule has 1 fully saturated rings. The first-order chi connectivity index (χ1) is 12.0. The van der Waals surface area contributed by atoms with E-state index in [0.29, 0.717) is 18.5 Å². The van der Waals surface area contributed by atoms with E-state index in [1.54, 1.807) is 24.1 Å². The Balaban J connectivity index is 1.74. The SMILES string of the molecule is CN(CC1CCCC1O)C(=O)c1cc(Cc2ccccc2)ccc1O. The summed E-state index contributed by atoms with van der Waals surface area (Å²) in [4.78, 5) is 14.4. The topological polar surface area (TPSA) is 60.8 Å². The summed E-state index contributed by atoms with van der Waals surface area (Å²) in [7, 11) is 1.73. The van der Waals surface area contributed by atoms with Gasteiger partial charge in [-0.25, -0.2) is 0 Å². The van der Waals surface area contributed by atoms with Crippen molar-refractivity contribution in [1.82, 2.24) is 4.90 Å². The van der Waals surface area contributed by atoms with Gasteiger partial charge in [0.2, 0.25) is 0 Å². The molecule has 1 saturated carbocycles. The van der Waals surface area contributed by atoms with Crippen LogP contribution in [0.5, 0.6) is 5.75 Å². The smallest absolute Gasteiger partial charge is 0.257 e. The first-order valence-electron chi connectivity index (χ1n) is 8.84. The number of phenols is 1. The second-order valence-electron chi connectivity index (χ2n) is 6.96. The molecule has 0 heterocycles. The van der Waals surface area contributed by atoms with Gasteiger partial charge in [0.05, 0.1) is 11.7 Å². The van der Waals surface area contributed by atoms with Crippen molar-refractivity contribution in [2.45, 2.75) is 31.8 Å². The van der Waals surface area contributed by atoms with Gasteiger partial charge in [-0.15, -0.1) is 0 Å². The van der Waals surface area contributed by atoms with Crippen molar-refractivity contribution in [2.75, 3.05) is 13.6 Å². The Morgan fingerprint density at radius 3 is 2.56 bits per heavy atom. The van der Waals surface area contributed by atoms with E-state index in [9.17, 15) is 15.0 Å². The predicted molar refractivity (Wildman–Crippen MR) is 97.7 cm³/mol. The third-order valence-electron chi connectivity index (χ3n) is 5.02. The van der Waals surface area contributed by atoms with Crippen LogP contribution in [-0.2, 0) is 6.42 Å². The van der Waals surface area contributed by atoms with E-state index in [1.807, 2.05) is 36.4 Å². The normalized spacial score (nSPS) is 19.8. The zero-order valence-corrected chi connectivity index (χ0v) is 14.6. The maximum atomic E-state index is 12.7. The molecule has 0 bridgehead atoms. The number of hydrogen-bond donors (Lipinski definition) is 2. The van der Waals surface area contributed by atoms with E-state index < -0.39 is 0 Å². The summed E-state index contributed by atoms with van der Waals surface area (Å²) >= 11 is 0. The largest absolute Gasteiger partial charge is 0.507 e. The Labute approximate surface area is 148 Å². The number of rotatable bonds is 5. The lowest BCUT2D eigenvalue weighted by molar-refractivity contribution is 0.0691. The first-order valence-corrected chi connectivity index (χ1v) is 8.84. The molecule has 1 aliphatic rings. The van der Waals surface area contributed by atoms with Crippen molar-refractivity contribution in [3.05, 3.63) is 65.2 Å². The number of amides is 1. The van der Waals surface area contributed by atoms with Crippen LogP contribution in [0.2, 0.25) is 0 Å². The summed E-state index contributed by atoms with van der Waals surface area (Å²) in [5.41, 5.74) is 2.47. The molecule has 2 atom stereocenters. The van der Waals surface area contributed by atoms with E-state index >= 15 is 0 Å². The van der Waals surface area contributed by atoms with Crippen LogP contribution in [0, 0.1) is 5.92 Å². The summed E-state index contributed by atoms with van der Waals surface area (Å²) in [5, 5.41) is 20.1. The lowest BCUT2D eigenvalue weighted by Gasteiger charge is -2.24. The Morgan fingerprint density at radius 2 is 1.88 bits per heavy atom. The predicted octanol–water partition coefficient (Wildman–Crippen LogP) is 3.22. The number of nitrogens with zero attached hydrogens (tertiary/aromatic N) is 1. The lowest BCUT2D eigenvalue weighted by Crippen LogP contribution is -2.34. The summed E-state index contributed by atoms with van der Waals surface area (Å²) in [5.74, 6) is -0.0734. The highest BCUT2D eigenvalue weighted by molar-refractivity contribution is 5.96. The third-order valence-corrected chi connectivity index (χ3v) is 5.02. The molecule has 0 spiro atoms. The zero-order valence-electron chi connectivity index (χ0n) is 14.6. The number of benzene rings is 2. The highest BCUT2D eigenvalue weighted by Gasteiger charge is 2.28. The second kappa shape index (κ2) is 7.70. The quantitative estimate of drug-likeness (QED) is 0.879. The zero-order chi connectivity index (χ0) is 17.8. The molecule has 2 N–H and O–H groups in total. The van der Waals surface area contributed by atoms with Gasteiger partial charge < -0.3 is 15.1 Å². The van der Waals surface area contributed by atoms with E-state index in [2.05, 4.69) is 0 Å². The average molecular weight is 339 g/mol. The van der Waals surface area contributed by atoms with Crippen molar-refractivity contribution in [3.63, 3.8) is 0 Å². The minimum atomic E-state index is -0.326. The summed E-state index contributed by atoms with van der Waals surface area (Å²) < 4.78 is 0. The van der Waals surface area contributed by atoms with Crippen molar-refractivity contribution < 1.29 is 15.0 Å². The molecule has 4 nitrogen and oxygen atoms in total. The number of phenolic OH excluding ortho intramolecular Hbond substituents is 1. The summed E-state index contributed by atoms with van der Waals surface area (Å²) in [6, 6.07) is 15.2. The molecule has 2 aromatic rings. The van der Waals surface area contributed by atoms with E-state index in [-0.39, 0.29) is 23.7 Å². The number of hydrogen-bond acceptors (Lipinski definition) is 3. The molecule has 132 valence electrons. The van der Waals surface area contributed by atoms with Crippen molar-refractivity contribution in [3.8, 4) is 5.75 Å². The molecule has 0 radical (unpaired) electrons. The molecule has 0 saturated heterocycles. The molecular weight excluding hydrogens is 314 g/mol. The second-order valence-corrected chi connectivity index (χ2v) is 6.96. The Kier molecular flexibility index (Phi) is 5.39. The van der Waals surface area contributed by atoms with Crippen LogP contribution in [0.25, 0.3) is 0 Å². The molecule has 25 heavy (non-hydrogen) atoms. The van der Waals surface area contributed by atoms with Crippen LogP contribution in [0.4, 0.5) is 0 Å². The molecular formula is C21H25NO3. The van der Waals surface area contributed by atoms with Gasteiger partial charge in [0, 0.05) is 19.5 Å². The molecule has 1 aliphatic carbocycles. The summed E-state index contributed by atoms with van der Waals surface area (Å²) in [6.07, 6.45) is 3.15. The third kappa shape index (κ3) is 4.20. The van der Waals surface area contributed by atoms with Gasteiger partial charge in [0.25, 0.3) is 5.91 Å². The molecule has 2 aromatic carbocycles. The monoisotopic (exact) mass is 339 g/mol. The van der Waals surface area contributed by atoms with Crippen molar-refractivity contribution in [1.29, 1.82) is 0 Å². The number of carbonyl (C=O) groups excluding carboxylic acids is 1. The van der Waals surface area contributed by atoms with Gasteiger partial charge in [-0.3, -0.25) is 4.79 Å². The van der Waals surface area contributed by atoms with Gasteiger partial charge in [-0.1, -0.05) is 42.8 Å². The fourth-order valence-corrected chi connectivity index (χ4v) is 3.57. The van der Waals surface area contributed by atoms with Crippen molar-refractivity contribution >= 4 is 5.91 Å². The number of aliphatic hydroxyl groups is 1. The molecule has 2 unspecified atom stereocenters. The fraction of sp³-hybridized carbons (Fsp3) is 0.381. The van der Waals surface area contributed by atoms with E-state index in [4.69, 9.17) is 0 Å². The van der Waals surface area contributed by atoms with Gasteiger partial charge in [-0.2, -0.15) is 0 Å². The van der Waals surface area contributed by atoms with Crippen LogP contribution < -0.4 is 0 Å². The molecule has 4 heteroatoms. The van der Waals surface area contributed by atoms with Crippen LogP contribution in [0.1, 0.15) is 40.7 Å². The van der Waals surface area contributed by atoms with Crippen LogP contribution in [0.3, 0.4) is 0 Å². The highest BCUT2D eigenvalue weighted by atomic mass is 16.3. The van der Waals surface area contributed by atoms with Crippen LogP contribution in [-0.4, -0.2) is 40.7 Å². The van der Waals surface area contributed by atoms with Gasteiger partial charge in [-0.05, 0) is 42.5 Å². The number of aromatic hydroxyl groups is 1. The van der Waals surface area contributed by atoms with E-state index in [0.717, 1.165) is 30.4 Å². The Morgan fingerprint density at radius 1 is 1.12 bits per heavy atom. The van der Waals surface area contributed by atoms with E-state index in [1.165, 1.54) is 0 Å². The Hall–Kier alpha value is -2.33. The van der Waals surface area contributed by atoms with Crippen LogP contribution >= 0.6 is 0 Å².